The Morgan fingerprint density at radius 1 is 1.15 bits per heavy atom. The third kappa shape index (κ3) is 4.11. The van der Waals surface area contributed by atoms with Crippen molar-refractivity contribution in [2.45, 2.75) is 38.3 Å². The van der Waals surface area contributed by atoms with Gasteiger partial charge in [0.05, 0.1) is 0 Å². The largest absolute Gasteiger partial charge is 0.459 e. The van der Waals surface area contributed by atoms with Crippen LogP contribution in [0.3, 0.4) is 0 Å². The van der Waals surface area contributed by atoms with Crippen molar-refractivity contribution in [1.29, 1.82) is 0 Å². The minimum absolute atomic E-state index is 0. The fourth-order valence-corrected chi connectivity index (χ4v) is 3.83. The highest BCUT2D eigenvalue weighted by Crippen LogP contribution is 2.34. The summed E-state index contributed by atoms with van der Waals surface area (Å²) >= 11 is 0. The number of carbonyl (C=O) groups excluding carboxylic acids is 1. The second-order valence-electron chi connectivity index (χ2n) is 7.00. The van der Waals surface area contributed by atoms with Crippen LogP contribution in [0.25, 0.3) is 0 Å². The van der Waals surface area contributed by atoms with Gasteiger partial charge in [-0.05, 0) is 48.4 Å². The normalized spacial score (nSPS) is 18.4. The number of esters is 1. The lowest BCUT2D eigenvalue weighted by atomic mass is 9.95. The Labute approximate surface area is 166 Å². The second kappa shape index (κ2) is 8.49. The molecule has 2 aromatic carbocycles. The summed E-state index contributed by atoms with van der Waals surface area (Å²) in [4.78, 5) is 14.8. The smallest absolute Gasteiger partial charge is 0.328 e. The zero-order valence-electron chi connectivity index (χ0n) is 15.5. The van der Waals surface area contributed by atoms with Crippen LogP contribution in [0.2, 0.25) is 0 Å². The van der Waals surface area contributed by atoms with Crippen molar-refractivity contribution in [3.63, 3.8) is 0 Å². The first kappa shape index (κ1) is 19.3. The molecule has 0 aromatic heterocycles. The van der Waals surface area contributed by atoms with Crippen molar-refractivity contribution in [3.8, 4) is 0 Å². The molecule has 2 aliphatic rings. The summed E-state index contributed by atoms with van der Waals surface area (Å²) in [7, 11) is 2.07. The molecule has 2 aromatic rings. The Morgan fingerprint density at radius 3 is 2.70 bits per heavy atom. The molecule has 1 atom stereocenters. The third-order valence-corrected chi connectivity index (χ3v) is 5.22. The summed E-state index contributed by atoms with van der Waals surface area (Å²) < 4.78 is 5.57. The molecule has 2 aliphatic heterocycles. The minimum atomic E-state index is -0.293. The van der Waals surface area contributed by atoms with Gasteiger partial charge in [0.2, 0.25) is 0 Å². The van der Waals surface area contributed by atoms with Gasteiger partial charge in [-0.15, -0.1) is 12.4 Å². The summed E-state index contributed by atoms with van der Waals surface area (Å²) in [5.74, 6) is 0.901. The molecule has 0 spiro atoms. The zero-order chi connectivity index (χ0) is 17.9. The van der Waals surface area contributed by atoms with E-state index in [2.05, 4.69) is 41.5 Å². The topological polar surface area (TPSA) is 41.6 Å². The van der Waals surface area contributed by atoms with Crippen LogP contribution < -0.4 is 10.2 Å². The Hall–Kier alpha value is -2.46. The van der Waals surface area contributed by atoms with E-state index in [1.165, 1.54) is 16.8 Å². The van der Waals surface area contributed by atoms with Crippen molar-refractivity contribution in [3.05, 3.63) is 77.1 Å². The molecular weight excluding hydrogens is 360 g/mol. The number of carbonyl (C=O) groups is 1. The van der Waals surface area contributed by atoms with Crippen LogP contribution in [-0.2, 0) is 22.6 Å². The van der Waals surface area contributed by atoms with Crippen LogP contribution in [0.15, 0.2) is 66.0 Å². The molecule has 0 saturated carbocycles. The van der Waals surface area contributed by atoms with Gasteiger partial charge in [-0.2, -0.15) is 0 Å². The van der Waals surface area contributed by atoms with E-state index in [0.29, 0.717) is 6.61 Å². The maximum Gasteiger partial charge on any atom is 0.328 e. The van der Waals surface area contributed by atoms with Crippen LogP contribution in [0.5, 0.6) is 0 Å². The number of allylic oxidation sites excluding steroid dienone is 1. The quantitative estimate of drug-likeness (QED) is 0.805. The lowest BCUT2D eigenvalue weighted by molar-refractivity contribution is -0.147. The second-order valence-corrected chi connectivity index (χ2v) is 7.00. The molecule has 0 fully saturated rings. The van der Waals surface area contributed by atoms with Gasteiger partial charge in [0.25, 0.3) is 0 Å². The SMILES string of the molecule is CN1C2=C(CCCC(C(=O)OCc3ccccc3)N2)Cc2ccccc21.Cl. The van der Waals surface area contributed by atoms with Crippen molar-refractivity contribution in [2.24, 2.45) is 0 Å². The number of para-hydroxylation sites is 1. The molecule has 27 heavy (non-hydrogen) atoms. The summed E-state index contributed by atoms with van der Waals surface area (Å²) in [5, 5.41) is 3.48. The average molecular weight is 385 g/mol. The number of hydrogen-bond donors (Lipinski definition) is 1. The first-order valence-corrected chi connectivity index (χ1v) is 9.23. The van der Waals surface area contributed by atoms with E-state index < -0.39 is 0 Å². The van der Waals surface area contributed by atoms with Crippen molar-refractivity contribution in [2.75, 3.05) is 11.9 Å². The molecule has 0 amide bonds. The first-order valence-electron chi connectivity index (χ1n) is 9.23. The van der Waals surface area contributed by atoms with E-state index >= 15 is 0 Å². The Bertz CT molecular complexity index is 835. The number of ether oxygens (including phenoxy) is 1. The summed E-state index contributed by atoms with van der Waals surface area (Å²) in [6, 6.07) is 18.0. The van der Waals surface area contributed by atoms with Gasteiger partial charge in [-0.25, -0.2) is 4.79 Å². The van der Waals surface area contributed by atoms with E-state index in [1.54, 1.807) is 0 Å². The molecule has 0 radical (unpaired) electrons. The van der Waals surface area contributed by atoms with E-state index in [-0.39, 0.29) is 24.4 Å². The fourth-order valence-electron chi connectivity index (χ4n) is 3.83. The molecule has 1 unspecified atom stereocenters. The molecule has 4 rings (SSSR count). The number of rotatable bonds is 3. The van der Waals surface area contributed by atoms with Crippen LogP contribution in [0, 0.1) is 0 Å². The van der Waals surface area contributed by atoms with Gasteiger partial charge in [0.1, 0.15) is 18.5 Å². The van der Waals surface area contributed by atoms with Crippen molar-refractivity contribution >= 4 is 24.1 Å². The lowest BCUT2D eigenvalue weighted by Gasteiger charge is -2.33. The maximum atomic E-state index is 12.6. The Kier molecular flexibility index (Phi) is 6.07. The number of halogens is 1. The Balaban J connectivity index is 0.00000210. The summed E-state index contributed by atoms with van der Waals surface area (Å²) in [6.07, 6.45) is 3.76. The molecule has 0 bridgehead atoms. The van der Waals surface area contributed by atoms with E-state index in [1.807, 2.05) is 30.3 Å². The fraction of sp³-hybridized carbons (Fsp3) is 0.318. The van der Waals surface area contributed by atoms with Gasteiger partial charge in [-0.3, -0.25) is 0 Å². The zero-order valence-corrected chi connectivity index (χ0v) is 16.3. The molecular formula is C22H25ClN2O2. The highest BCUT2D eigenvalue weighted by atomic mass is 35.5. The van der Waals surface area contributed by atoms with Crippen LogP contribution in [0.4, 0.5) is 5.69 Å². The van der Waals surface area contributed by atoms with Gasteiger partial charge in [-0.1, -0.05) is 48.5 Å². The number of fused-ring (bicyclic) bond motifs is 1. The number of benzene rings is 2. The number of hydrogen-bond acceptors (Lipinski definition) is 4. The van der Waals surface area contributed by atoms with Crippen LogP contribution >= 0.6 is 12.4 Å². The van der Waals surface area contributed by atoms with Gasteiger partial charge in [0.15, 0.2) is 0 Å². The predicted octanol–water partition coefficient (Wildman–Crippen LogP) is 4.20. The maximum absolute atomic E-state index is 12.6. The van der Waals surface area contributed by atoms with Gasteiger partial charge in [0, 0.05) is 12.7 Å². The summed E-state index contributed by atoms with van der Waals surface area (Å²) in [6.45, 7) is 0.322. The van der Waals surface area contributed by atoms with Gasteiger partial charge < -0.3 is 15.0 Å². The standard InChI is InChI=1S/C22H24N2O2.ClH/c1-24-20-13-6-5-10-17(20)14-18-11-7-12-19(23-21(18)24)22(25)26-15-16-8-3-2-4-9-16;/h2-6,8-10,13,19,23H,7,11-12,14-15H2,1H3;1H. The highest BCUT2D eigenvalue weighted by molar-refractivity contribution is 5.85. The summed E-state index contributed by atoms with van der Waals surface area (Å²) in [5.41, 5.74) is 4.94. The predicted molar refractivity (Wildman–Crippen MR) is 110 cm³/mol. The molecule has 0 saturated heterocycles. The monoisotopic (exact) mass is 384 g/mol. The molecule has 142 valence electrons. The van der Waals surface area contributed by atoms with E-state index in [0.717, 1.165) is 37.1 Å². The molecule has 0 aliphatic carbocycles. The molecule has 5 heteroatoms. The van der Waals surface area contributed by atoms with E-state index in [4.69, 9.17) is 4.74 Å². The lowest BCUT2D eigenvalue weighted by Crippen LogP contribution is -2.42. The van der Waals surface area contributed by atoms with Crippen LogP contribution in [-0.4, -0.2) is 19.1 Å². The number of nitrogens with one attached hydrogen (secondary N) is 1. The van der Waals surface area contributed by atoms with E-state index in [9.17, 15) is 4.79 Å². The third-order valence-electron chi connectivity index (χ3n) is 5.22. The average Bonchev–Trinajstić information content (AvgIpc) is 2.90. The van der Waals surface area contributed by atoms with Crippen LogP contribution in [0.1, 0.15) is 30.4 Å². The highest BCUT2D eigenvalue weighted by Gasteiger charge is 2.30. The van der Waals surface area contributed by atoms with Crippen molar-refractivity contribution in [1.82, 2.24) is 5.32 Å². The molecule has 4 nitrogen and oxygen atoms in total. The van der Waals surface area contributed by atoms with Gasteiger partial charge >= 0.3 is 5.97 Å². The van der Waals surface area contributed by atoms with Crippen molar-refractivity contribution < 1.29 is 9.53 Å². The number of anilines is 1. The minimum Gasteiger partial charge on any atom is -0.459 e. The Morgan fingerprint density at radius 2 is 1.89 bits per heavy atom. The molecule has 2 heterocycles. The number of nitrogens with zero attached hydrogens (tertiary/aromatic N) is 1. The first-order chi connectivity index (χ1) is 12.7. The molecule has 1 N–H and O–H groups in total.